The van der Waals surface area contributed by atoms with E-state index in [9.17, 15) is 9.59 Å². The van der Waals surface area contributed by atoms with E-state index in [0.717, 1.165) is 41.9 Å². The Labute approximate surface area is 191 Å². The van der Waals surface area contributed by atoms with E-state index in [4.69, 9.17) is 9.40 Å². The molecular formula is C25H25N5O3. The van der Waals surface area contributed by atoms with E-state index in [1.54, 1.807) is 30.8 Å². The fourth-order valence-corrected chi connectivity index (χ4v) is 4.10. The number of amides is 2. The maximum Gasteiger partial charge on any atom is 0.251 e. The van der Waals surface area contributed by atoms with Crippen LogP contribution in [-0.2, 0) is 18.3 Å². The van der Waals surface area contributed by atoms with Crippen LogP contribution in [0.1, 0.15) is 35.4 Å². The van der Waals surface area contributed by atoms with E-state index in [2.05, 4.69) is 15.6 Å². The summed E-state index contributed by atoms with van der Waals surface area (Å²) in [5.74, 6) is 1.34. The van der Waals surface area contributed by atoms with Gasteiger partial charge in [-0.1, -0.05) is 6.42 Å². The van der Waals surface area contributed by atoms with Crippen molar-refractivity contribution in [1.29, 1.82) is 0 Å². The molecular weight excluding hydrogens is 418 g/mol. The lowest BCUT2D eigenvalue weighted by atomic mass is 9.85. The number of imidazole rings is 1. The molecule has 2 N–H and O–H groups in total. The Morgan fingerprint density at radius 1 is 1.18 bits per heavy atom. The third-order valence-corrected chi connectivity index (χ3v) is 6.14. The molecule has 0 bridgehead atoms. The number of rotatable bonds is 7. The zero-order valence-corrected chi connectivity index (χ0v) is 18.4. The van der Waals surface area contributed by atoms with E-state index in [-0.39, 0.29) is 17.7 Å². The molecule has 0 atom stereocenters. The van der Waals surface area contributed by atoms with E-state index in [0.29, 0.717) is 29.7 Å². The molecule has 3 heterocycles. The van der Waals surface area contributed by atoms with Crippen LogP contribution in [0.3, 0.4) is 0 Å². The van der Waals surface area contributed by atoms with E-state index in [1.165, 1.54) is 0 Å². The van der Waals surface area contributed by atoms with E-state index in [1.807, 2.05) is 35.9 Å². The molecule has 3 aromatic heterocycles. The number of aryl methyl sites for hydroxylation is 1. The molecule has 1 fully saturated rings. The van der Waals surface area contributed by atoms with E-state index >= 15 is 0 Å². The summed E-state index contributed by atoms with van der Waals surface area (Å²) in [6.45, 7) is 0.443. The Kier molecular flexibility index (Phi) is 5.64. The summed E-state index contributed by atoms with van der Waals surface area (Å²) in [5.41, 5.74) is 3.37. The molecule has 5 rings (SSSR count). The van der Waals surface area contributed by atoms with E-state index < -0.39 is 0 Å². The highest BCUT2D eigenvalue weighted by molar-refractivity contribution is 6.06. The molecule has 2 amide bonds. The van der Waals surface area contributed by atoms with Gasteiger partial charge in [0.15, 0.2) is 0 Å². The van der Waals surface area contributed by atoms with Gasteiger partial charge < -0.3 is 19.6 Å². The summed E-state index contributed by atoms with van der Waals surface area (Å²) in [7, 11) is 1.91. The number of pyridine rings is 1. The fourth-order valence-electron chi connectivity index (χ4n) is 4.10. The molecule has 1 aliphatic rings. The summed E-state index contributed by atoms with van der Waals surface area (Å²) in [6.07, 6.45) is 8.51. The lowest BCUT2D eigenvalue weighted by Crippen LogP contribution is -2.29. The highest BCUT2D eigenvalue weighted by atomic mass is 16.3. The van der Waals surface area contributed by atoms with Gasteiger partial charge in [-0.25, -0.2) is 4.98 Å². The van der Waals surface area contributed by atoms with Gasteiger partial charge in [0.1, 0.15) is 11.6 Å². The van der Waals surface area contributed by atoms with Gasteiger partial charge >= 0.3 is 0 Å². The summed E-state index contributed by atoms with van der Waals surface area (Å²) < 4.78 is 7.27. The van der Waals surface area contributed by atoms with Gasteiger partial charge in [0, 0.05) is 49.5 Å². The third-order valence-electron chi connectivity index (χ3n) is 6.14. The average Bonchev–Trinajstić information content (AvgIpc) is 3.41. The number of benzene rings is 1. The highest BCUT2D eigenvalue weighted by Crippen LogP contribution is 2.32. The number of anilines is 1. The first-order valence-electron chi connectivity index (χ1n) is 11.1. The molecule has 8 nitrogen and oxygen atoms in total. The molecule has 4 aromatic rings. The quantitative estimate of drug-likeness (QED) is 0.450. The van der Waals surface area contributed by atoms with Gasteiger partial charge in [-0.3, -0.25) is 14.6 Å². The smallest absolute Gasteiger partial charge is 0.251 e. The number of hydrogen-bond donors (Lipinski definition) is 2. The summed E-state index contributed by atoms with van der Waals surface area (Å²) in [6, 6.07) is 11.0. The second-order valence-corrected chi connectivity index (χ2v) is 8.32. The number of carbonyl (C=O) groups excluding carboxylic acids is 2. The Morgan fingerprint density at radius 2 is 2.00 bits per heavy atom. The van der Waals surface area contributed by atoms with Gasteiger partial charge in [-0.2, -0.15) is 0 Å². The Morgan fingerprint density at radius 3 is 2.70 bits per heavy atom. The predicted octanol–water partition coefficient (Wildman–Crippen LogP) is 3.94. The zero-order valence-electron chi connectivity index (χ0n) is 18.4. The second kappa shape index (κ2) is 8.90. The molecule has 0 saturated heterocycles. The minimum Gasteiger partial charge on any atom is -0.469 e. The summed E-state index contributed by atoms with van der Waals surface area (Å²) in [4.78, 5) is 34.5. The molecule has 1 aromatic carbocycles. The number of nitrogens with zero attached hydrogens (tertiary/aromatic N) is 3. The Hall–Kier alpha value is -3.94. The number of furan rings is 1. The van der Waals surface area contributed by atoms with Crippen molar-refractivity contribution in [3.63, 3.8) is 0 Å². The van der Waals surface area contributed by atoms with Crippen LogP contribution >= 0.6 is 0 Å². The standard InChI is InChI=1S/C25H25N5O3/c1-30-22-20(28-23(30)16-7-10-26-11-8-16)14-18(15-21(22)29-25(32)17-4-2-5-17)24(31)27-12-9-19-6-3-13-33-19/h3,6-8,10-11,13-15,17H,2,4-5,9,12H2,1H3,(H,27,31)(H,29,32). The van der Waals surface area contributed by atoms with Gasteiger partial charge in [0.25, 0.3) is 5.91 Å². The molecule has 1 saturated carbocycles. The number of aromatic nitrogens is 3. The fraction of sp³-hybridized carbons (Fsp3) is 0.280. The molecule has 0 spiro atoms. The van der Waals surface area contributed by atoms with Crippen molar-refractivity contribution in [1.82, 2.24) is 19.9 Å². The van der Waals surface area contributed by atoms with Crippen LogP contribution < -0.4 is 10.6 Å². The van der Waals surface area contributed by atoms with Gasteiger partial charge in [-0.15, -0.1) is 0 Å². The molecule has 0 radical (unpaired) electrons. The summed E-state index contributed by atoms with van der Waals surface area (Å²) >= 11 is 0. The number of nitrogens with one attached hydrogen (secondary N) is 2. The molecule has 0 aliphatic heterocycles. The molecule has 0 unspecified atom stereocenters. The lowest BCUT2D eigenvalue weighted by molar-refractivity contribution is -0.122. The SMILES string of the molecule is Cn1c(-c2ccncc2)nc2cc(C(=O)NCCc3ccco3)cc(NC(=O)C3CCC3)c21. The molecule has 168 valence electrons. The van der Waals surface area contributed by atoms with Gasteiger partial charge in [0.2, 0.25) is 5.91 Å². The lowest BCUT2D eigenvalue weighted by Gasteiger charge is -2.24. The molecule has 8 heteroatoms. The first-order valence-corrected chi connectivity index (χ1v) is 11.1. The van der Waals surface area contributed by atoms with Crippen LogP contribution in [0.2, 0.25) is 0 Å². The minimum absolute atomic E-state index is 0.00964. The average molecular weight is 444 g/mol. The largest absolute Gasteiger partial charge is 0.469 e. The predicted molar refractivity (Wildman–Crippen MR) is 125 cm³/mol. The Bertz CT molecular complexity index is 1290. The van der Waals surface area contributed by atoms with Crippen molar-refractivity contribution < 1.29 is 14.0 Å². The van der Waals surface area contributed by atoms with Crippen molar-refractivity contribution in [3.8, 4) is 11.4 Å². The Balaban J connectivity index is 1.48. The number of hydrogen-bond acceptors (Lipinski definition) is 5. The third kappa shape index (κ3) is 4.24. The number of carbonyl (C=O) groups is 2. The monoisotopic (exact) mass is 443 g/mol. The van der Waals surface area contributed by atoms with Crippen LogP contribution in [0.5, 0.6) is 0 Å². The van der Waals surface area contributed by atoms with Crippen LogP contribution in [0, 0.1) is 5.92 Å². The zero-order chi connectivity index (χ0) is 22.8. The first kappa shape index (κ1) is 20.9. The van der Waals surface area contributed by atoms with Crippen LogP contribution in [-0.4, -0.2) is 32.9 Å². The topological polar surface area (TPSA) is 102 Å². The van der Waals surface area contributed by atoms with Crippen molar-refractivity contribution >= 4 is 28.5 Å². The minimum atomic E-state index is -0.223. The van der Waals surface area contributed by atoms with Crippen LogP contribution in [0.25, 0.3) is 22.4 Å². The van der Waals surface area contributed by atoms with Crippen molar-refractivity contribution in [2.45, 2.75) is 25.7 Å². The second-order valence-electron chi connectivity index (χ2n) is 8.32. The van der Waals surface area contributed by atoms with Crippen LogP contribution in [0.15, 0.2) is 59.5 Å². The highest BCUT2D eigenvalue weighted by Gasteiger charge is 2.27. The van der Waals surface area contributed by atoms with Gasteiger partial charge in [-0.05, 0) is 49.2 Å². The maximum absolute atomic E-state index is 12.9. The normalized spacial score (nSPS) is 13.6. The maximum atomic E-state index is 12.9. The number of fused-ring (bicyclic) bond motifs is 1. The van der Waals surface area contributed by atoms with Crippen molar-refractivity contribution in [3.05, 3.63) is 66.4 Å². The first-order chi connectivity index (χ1) is 16.1. The van der Waals surface area contributed by atoms with Crippen LogP contribution in [0.4, 0.5) is 5.69 Å². The molecule has 1 aliphatic carbocycles. The van der Waals surface area contributed by atoms with Crippen molar-refractivity contribution in [2.24, 2.45) is 13.0 Å². The molecule has 33 heavy (non-hydrogen) atoms. The van der Waals surface area contributed by atoms with Gasteiger partial charge in [0.05, 0.1) is 23.0 Å². The summed E-state index contributed by atoms with van der Waals surface area (Å²) in [5, 5.41) is 5.99. The van der Waals surface area contributed by atoms with Crippen molar-refractivity contribution in [2.75, 3.05) is 11.9 Å².